The van der Waals surface area contributed by atoms with Crippen LogP contribution in [0.5, 0.6) is 0 Å². The summed E-state index contributed by atoms with van der Waals surface area (Å²) in [7, 11) is 0. The van der Waals surface area contributed by atoms with Gasteiger partial charge in [-0.1, -0.05) is 0 Å². The predicted octanol–water partition coefficient (Wildman–Crippen LogP) is 12.8. The molecule has 30 heteroatoms. The summed E-state index contributed by atoms with van der Waals surface area (Å²) < 4.78 is 424. The van der Waals surface area contributed by atoms with Crippen LogP contribution in [0.1, 0.15) is 5.56 Å². The molecule has 0 spiro atoms. The molecule has 57 heavy (non-hydrogen) atoms. The molecule has 0 aliphatic carbocycles. The van der Waals surface area contributed by atoms with Crippen LogP contribution in [0.25, 0.3) is 27.8 Å². The van der Waals surface area contributed by atoms with E-state index in [-0.39, 0.29) is 0 Å². The lowest BCUT2D eigenvalue weighted by atomic mass is 9.75. The summed E-state index contributed by atoms with van der Waals surface area (Å²) in [6, 6.07) is 0. The van der Waals surface area contributed by atoms with Crippen LogP contribution in [-0.4, -0.2) is 42.2 Å². The molecule has 0 saturated carbocycles. The van der Waals surface area contributed by atoms with Crippen molar-refractivity contribution in [2.75, 3.05) is 0 Å². The zero-order valence-electron chi connectivity index (χ0n) is 24.8. The van der Waals surface area contributed by atoms with Gasteiger partial charge < -0.3 is 0 Å². The van der Waals surface area contributed by atoms with Crippen molar-refractivity contribution in [3.8, 4) is 22.3 Å². The Labute approximate surface area is 289 Å². The maximum absolute atomic E-state index is 15.2. The molecule has 0 nitrogen and oxygen atoms in total. The summed E-state index contributed by atoms with van der Waals surface area (Å²) in [5.74, 6) is -49.3. The van der Waals surface area contributed by atoms with Crippen LogP contribution in [0.2, 0.25) is 0 Å². The molecule has 0 atom stereocenters. The second-order valence-electron chi connectivity index (χ2n) is 10.5. The number of halogens is 30. The van der Waals surface area contributed by atoms with E-state index in [1.54, 1.807) is 0 Å². The molecule has 3 aromatic carbocycles. The topological polar surface area (TPSA) is 0 Å². The van der Waals surface area contributed by atoms with E-state index >= 15 is 35.1 Å². The average molecular weight is 894 g/mol. The smallest absolute Gasteiger partial charge is 0.218 e. The maximum Gasteiger partial charge on any atom is 0.435 e. The molecule has 0 N–H and O–H groups in total. The Hall–Kier alpha value is -4.70. The van der Waals surface area contributed by atoms with Crippen LogP contribution in [0.3, 0.4) is 0 Å². The van der Waals surface area contributed by atoms with Gasteiger partial charge >= 0.3 is 42.2 Å². The van der Waals surface area contributed by atoms with Gasteiger partial charge in [-0.15, -0.1) is 0 Å². The summed E-state index contributed by atoms with van der Waals surface area (Å²) in [6.45, 7) is 0. The van der Waals surface area contributed by atoms with Crippen LogP contribution in [-0.2, 0) is 0 Å². The molecule has 3 rings (SSSR count). The third-order valence-corrected chi connectivity index (χ3v) is 7.27. The fraction of sp³-hybridized carbons (Fsp3) is 0.259. The summed E-state index contributed by atoms with van der Waals surface area (Å²) >= 11 is 0. The first kappa shape index (κ1) is 46.7. The van der Waals surface area contributed by atoms with Gasteiger partial charge in [0.1, 0.15) is 0 Å². The van der Waals surface area contributed by atoms with Gasteiger partial charge in [0, 0.05) is 0 Å². The third-order valence-electron chi connectivity index (χ3n) is 7.27. The first-order chi connectivity index (χ1) is 25.2. The van der Waals surface area contributed by atoms with Gasteiger partial charge in [0.15, 0.2) is 69.8 Å². The van der Waals surface area contributed by atoms with Crippen molar-refractivity contribution >= 4 is 5.57 Å². The highest BCUT2D eigenvalue weighted by atomic mass is 19.4. The number of benzene rings is 3. The Morgan fingerprint density at radius 1 is 0.246 bits per heavy atom. The molecule has 0 heterocycles. The van der Waals surface area contributed by atoms with Crippen molar-refractivity contribution < 1.29 is 132 Å². The monoisotopic (exact) mass is 894 g/mol. The highest BCUT2D eigenvalue weighted by molar-refractivity contribution is 5.81. The summed E-state index contributed by atoms with van der Waals surface area (Å²) in [5, 5.41) is 0. The molecular weight excluding hydrogens is 894 g/mol. The number of rotatable bonds is 5. The number of hydrogen-bond donors (Lipinski definition) is 0. The molecule has 0 aromatic heterocycles. The van der Waals surface area contributed by atoms with E-state index in [9.17, 15) is 96.6 Å². The minimum absolute atomic E-state index is 3.01. The van der Waals surface area contributed by atoms with Gasteiger partial charge in [-0.3, -0.25) is 0 Å². The van der Waals surface area contributed by atoms with Crippen LogP contribution >= 0.6 is 0 Å². The van der Waals surface area contributed by atoms with Gasteiger partial charge in [0.2, 0.25) is 5.82 Å². The Morgan fingerprint density at radius 3 is 0.614 bits per heavy atom. The predicted molar refractivity (Wildman–Crippen MR) is 122 cm³/mol. The fourth-order valence-corrected chi connectivity index (χ4v) is 4.84. The largest absolute Gasteiger partial charge is 0.435 e. The van der Waals surface area contributed by atoms with E-state index in [1.165, 1.54) is 0 Å². The van der Waals surface area contributed by atoms with Gasteiger partial charge in [-0.25, -0.2) is 65.9 Å². The molecular formula is C27F30. The van der Waals surface area contributed by atoms with E-state index in [1.807, 2.05) is 0 Å². The molecule has 0 fully saturated rings. The lowest BCUT2D eigenvalue weighted by Gasteiger charge is -2.41. The average Bonchev–Trinajstić information content (AvgIpc) is 3.04. The van der Waals surface area contributed by atoms with E-state index in [4.69, 9.17) is 0 Å². The van der Waals surface area contributed by atoms with Crippen molar-refractivity contribution in [3.05, 3.63) is 86.8 Å². The third kappa shape index (κ3) is 6.61. The summed E-state index contributed by atoms with van der Waals surface area (Å²) in [5.41, 5.74) is -48.9. The molecule has 0 radical (unpaired) electrons. The number of hydrogen-bond acceptors (Lipinski definition) is 0. The first-order valence-electron chi connectivity index (χ1n) is 12.9. The van der Waals surface area contributed by atoms with Gasteiger partial charge in [-0.2, -0.15) is 65.9 Å². The maximum atomic E-state index is 15.2. The molecule has 0 saturated heterocycles. The molecule has 0 bridgehead atoms. The lowest BCUT2D eigenvalue weighted by molar-refractivity contribution is -0.363. The van der Waals surface area contributed by atoms with Crippen LogP contribution in [0, 0.1) is 75.6 Å². The standard InChI is InChI=1S/C27F30/c28-7-1(8(29)10(31)3(9(7)30)4-13(34)17(38)19(40)18(39)14(4)35)2-11(32)15(36)5(16(37)12(2)33)6(23(43,44)45)20(21(41,24(46,47)48)25(49,50)51)22(42,26(52,53)54)27(55,56)57. The molecule has 0 unspecified atom stereocenters. The van der Waals surface area contributed by atoms with E-state index in [0.717, 1.165) is 0 Å². The Balaban J connectivity index is 2.81. The lowest BCUT2D eigenvalue weighted by Crippen LogP contribution is -2.66. The van der Waals surface area contributed by atoms with Crippen molar-refractivity contribution in [1.82, 2.24) is 0 Å². The SMILES string of the molecule is Fc1c(F)c(F)c(-c2c(F)c(F)c(-c3c(F)c(F)c(C(=C(C(F)(C(F)(F)F)C(F)(F)F)C(F)(C(F)(F)F)C(F)(F)F)C(F)(F)F)c(F)c3F)c(F)c2F)c(F)c1F. The van der Waals surface area contributed by atoms with Gasteiger partial charge in [0.25, 0.3) is 0 Å². The van der Waals surface area contributed by atoms with Crippen molar-refractivity contribution in [2.45, 2.75) is 42.2 Å². The van der Waals surface area contributed by atoms with Crippen LogP contribution in [0.15, 0.2) is 5.57 Å². The Morgan fingerprint density at radius 2 is 0.421 bits per heavy atom. The minimum Gasteiger partial charge on any atom is -0.218 e. The Kier molecular flexibility index (Phi) is 11.2. The van der Waals surface area contributed by atoms with Crippen molar-refractivity contribution in [3.63, 3.8) is 0 Å². The zero-order chi connectivity index (χ0) is 45.0. The van der Waals surface area contributed by atoms with Crippen molar-refractivity contribution in [2.24, 2.45) is 0 Å². The second kappa shape index (κ2) is 13.7. The number of alkyl halides is 17. The van der Waals surface area contributed by atoms with Gasteiger partial charge in [-0.05, 0) is 0 Å². The first-order valence-corrected chi connectivity index (χ1v) is 12.9. The highest BCUT2D eigenvalue weighted by Gasteiger charge is 2.87. The van der Waals surface area contributed by atoms with E-state index < -0.39 is 157 Å². The van der Waals surface area contributed by atoms with Crippen LogP contribution in [0.4, 0.5) is 132 Å². The highest BCUT2D eigenvalue weighted by Crippen LogP contribution is 2.64. The van der Waals surface area contributed by atoms with E-state index in [2.05, 4.69) is 0 Å². The second-order valence-corrected chi connectivity index (χ2v) is 10.5. The molecule has 0 amide bonds. The zero-order valence-corrected chi connectivity index (χ0v) is 24.8. The molecule has 0 aliphatic rings. The summed E-state index contributed by atoms with van der Waals surface area (Å²) in [4.78, 5) is 0. The number of allylic oxidation sites excluding steroid dienone is 2. The van der Waals surface area contributed by atoms with E-state index in [0.29, 0.717) is 0 Å². The summed E-state index contributed by atoms with van der Waals surface area (Å²) in [6.07, 6.45) is -43.5. The quantitative estimate of drug-likeness (QED) is 0.136. The molecule has 3 aromatic rings. The van der Waals surface area contributed by atoms with Crippen molar-refractivity contribution in [1.29, 1.82) is 0 Å². The molecule has 0 aliphatic heterocycles. The minimum atomic E-state index is -9.13. The van der Waals surface area contributed by atoms with Crippen LogP contribution < -0.4 is 0 Å². The Bertz CT molecular complexity index is 2010. The molecule has 318 valence electrons. The van der Waals surface area contributed by atoms with Gasteiger partial charge in [0.05, 0.1) is 39.0 Å². The fourth-order valence-electron chi connectivity index (χ4n) is 4.84. The normalized spacial score (nSPS) is 13.8.